The normalized spacial score (nSPS) is 13.8. The van der Waals surface area contributed by atoms with Crippen LogP contribution < -0.4 is 4.90 Å². The third kappa shape index (κ3) is 4.87. The monoisotopic (exact) mass is 398 g/mol. The summed E-state index contributed by atoms with van der Waals surface area (Å²) in [5.41, 5.74) is 1.00. The summed E-state index contributed by atoms with van der Waals surface area (Å²) in [5.74, 6) is -0.517. The first kappa shape index (κ1) is 20.2. The third-order valence-corrected chi connectivity index (χ3v) is 5.00. The number of carbonyl (C=O) groups excluding carboxylic acids is 1. The second kappa shape index (κ2) is 8.68. The average Bonchev–Trinajstić information content (AvgIpc) is 2.74. The fourth-order valence-corrected chi connectivity index (χ4v) is 3.46. The van der Waals surface area contributed by atoms with Crippen molar-refractivity contribution in [2.45, 2.75) is 25.8 Å². The largest absolute Gasteiger partial charge is 0.372 e. The molecule has 0 saturated carbocycles. The second-order valence-electron chi connectivity index (χ2n) is 7.13. The first-order chi connectivity index (χ1) is 13.8. The van der Waals surface area contributed by atoms with Crippen LogP contribution in [0.15, 0.2) is 42.5 Å². The Bertz CT molecular complexity index is 891. The van der Waals surface area contributed by atoms with Crippen molar-refractivity contribution in [3.05, 3.63) is 73.8 Å². The van der Waals surface area contributed by atoms with Gasteiger partial charge in [0, 0.05) is 44.5 Å². The van der Waals surface area contributed by atoms with E-state index in [2.05, 4.69) is 4.90 Å². The summed E-state index contributed by atoms with van der Waals surface area (Å²) in [7, 11) is 1.56. The van der Waals surface area contributed by atoms with Gasteiger partial charge in [-0.1, -0.05) is 12.1 Å². The summed E-state index contributed by atoms with van der Waals surface area (Å²) < 4.78 is 0. The highest BCUT2D eigenvalue weighted by atomic mass is 16.6. The van der Waals surface area contributed by atoms with Crippen LogP contribution in [-0.4, -0.2) is 40.8 Å². The topological polar surface area (TPSA) is 110 Å². The number of nitro groups is 2. The smallest absolute Gasteiger partial charge is 0.277 e. The minimum atomic E-state index is -0.747. The number of piperidine rings is 1. The van der Waals surface area contributed by atoms with Crippen LogP contribution in [-0.2, 0) is 6.54 Å². The molecule has 1 fully saturated rings. The van der Waals surface area contributed by atoms with Crippen LogP contribution in [0.1, 0.15) is 35.2 Å². The highest BCUT2D eigenvalue weighted by Crippen LogP contribution is 2.24. The molecule has 0 aromatic heterocycles. The minimum Gasteiger partial charge on any atom is -0.372 e. The molecule has 9 heteroatoms. The molecule has 2 aromatic rings. The fraction of sp³-hybridized carbons (Fsp3) is 0.350. The molecule has 3 rings (SSSR count). The Balaban J connectivity index is 1.73. The highest BCUT2D eigenvalue weighted by Gasteiger charge is 2.22. The van der Waals surface area contributed by atoms with Crippen molar-refractivity contribution in [2.24, 2.45) is 0 Å². The number of anilines is 1. The molecule has 0 aliphatic carbocycles. The van der Waals surface area contributed by atoms with Crippen LogP contribution in [0.5, 0.6) is 0 Å². The number of nitrogens with zero attached hydrogens (tertiary/aromatic N) is 4. The Hall–Kier alpha value is -3.49. The van der Waals surface area contributed by atoms with Crippen LogP contribution >= 0.6 is 0 Å². The van der Waals surface area contributed by atoms with Crippen LogP contribution in [0.2, 0.25) is 0 Å². The van der Waals surface area contributed by atoms with Crippen LogP contribution in [0.4, 0.5) is 17.1 Å². The number of benzene rings is 2. The van der Waals surface area contributed by atoms with E-state index < -0.39 is 27.1 Å². The molecule has 0 radical (unpaired) electrons. The van der Waals surface area contributed by atoms with Crippen LogP contribution in [0.3, 0.4) is 0 Å². The van der Waals surface area contributed by atoms with Gasteiger partial charge in [0.1, 0.15) is 0 Å². The summed E-state index contributed by atoms with van der Waals surface area (Å²) in [5, 5.41) is 22.1. The molecule has 1 aliphatic rings. The van der Waals surface area contributed by atoms with Crippen molar-refractivity contribution < 1.29 is 14.6 Å². The average molecular weight is 398 g/mol. The predicted molar refractivity (Wildman–Crippen MR) is 108 cm³/mol. The molecule has 2 aromatic carbocycles. The van der Waals surface area contributed by atoms with Gasteiger partial charge in [-0.25, -0.2) is 0 Å². The van der Waals surface area contributed by atoms with Crippen molar-refractivity contribution in [1.29, 1.82) is 0 Å². The molecule has 1 aliphatic heterocycles. The van der Waals surface area contributed by atoms with Crippen molar-refractivity contribution in [3.63, 3.8) is 0 Å². The Morgan fingerprint density at radius 3 is 2.03 bits per heavy atom. The van der Waals surface area contributed by atoms with Gasteiger partial charge < -0.3 is 9.80 Å². The zero-order valence-electron chi connectivity index (χ0n) is 16.1. The van der Waals surface area contributed by atoms with E-state index in [9.17, 15) is 25.0 Å². The van der Waals surface area contributed by atoms with Crippen LogP contribution in [0.25, 0.3) is 0 Å². The van der Waals surface area contributed by atoms with E-state index >= 15 is 0 Å². The van der Waals surface area contributed by atoms with Crippen molar-refractivity contribution >= 4 is 23.0 Å². The molecule has 9 nitrogen and oxygen atoms in total. The quantitative estimate of drug-likeness (QED) is 0.541. The van der Waals surface area contributed by atoms with Crippen molar-refractivity contribution in [3.8, 4) is 0 Å². The van der Waals surface area contributed by atoms with Gasteiger partial charge in [-0.3, -0.25) is 25.0 Å². The summed E-state index contributed by atoms with van der Waals surface area (Å²) >= 11 is 0. The molecular weight excluding hydrogens is 376 g/mol. The standard InChI is InChI=1S/C20H22N4O5/c1-21(14-15-5-7-17(8-6-15)22-9-3-2-4-10-22)20(25)16-11-18(23(26)27)13-19(12-16)24(28)29/h5-8,11-13H,2-4,9-10,14H2,1H3. The Morgan fingerprint density at radius 2 is 1.52 bits per heavy atom. The Morgan fingerprint density at radius 1 is 0.966 bits per heavy atom. The first-order valence-corrected chi connectivity index (χ1v) is 9.38. The SMILES string of the molecule is CN(Cc1ccc(N2CCCCC2)cc1)C(=O)c1cc([N+](=O)[O-])cc([N+](=O)[O-])c1. The minimum absolute atomic E-state index is 0.0849. The molecule has 29 heavy (non-hydrogen) atoms. The van der Waals surface area contributed by atoms with E-state index in [0.29, 0.717) is 0 Å². The van der Waals surface area contributed by atoms with E-state index in [-0.39, 0.29) is 12.1 Å². The highest BCUT2D eigenvalue weighted by molar-refractivity contribution is 5.95. The van der Waals surface area contributed by atoms with Gasteiger partial charge in [0.05, 0.1) is 21.5 Å². The molecule has 1 amide bonds. The lowest BCUT2D eigenvalue weighted by Gasteiger charge is -2.29. The number of amides is 1. The number of carbonyl (C=O) groups is 1. The van der Waals surface area contributed by atoms with Crippen molar-refractivity contribution in [2.75, 3.05) is 25.0 Å². The zero-order chi connectivity index (χ0) is 21.0. The molecular formula is C20H22N4O5. The maximum Gasteiger partial charge on any atom is 0.277 e. The fourth-order valence-electron chi connectivity index (χ4n) is 3.46. The van der Waals surface area contributed by atoms with Gasteiger partial charge in [-0.05, 0) is 37.0 Å². The molecule has 0 spiro atoms. The lowest BCUT2D eigenvalue weighted by atomic mass is 10.1. The summed E-state index contributed by atoms with van der Waals surface area (Å²) in [4.78, 5) is 37.0. The Kier molecular flexibility index (Phi) is 6.06. The van der Waals surface area contributed by atoms with Gasteiger partial charge in [0.25, 0.3) is 17.3 Å². The summed E-state index contributed by atoms with van der Waals surface area (Å²) in [6.45, 7) is 2.38. The first-order valence-electron chi connectivity index (χ1n) is 9.38. The lowest BCUT2D eigenvalue weighted by molar-refractivity contribution is -0.394. The molecule has 0 atom stereocenters. The van der Waals surface area contributed by atoms with Gasteiger partial charge >= 0.3 is 0 Å². The number of non-ortho nitro benzene ring substituents is 2. The van der Waals surface area contributed by atoms with E-state index in [4.69, 9.17) is 0 Å². The van der Waals surface area contributed by atoms with Crippen LogP contribution in [0, 0.1) is 20.2 Å². The number of rotatable bonds is 6. The molecule has 1 saturated heterocycles. The van der Waals surface area contributed by atoms with E-state index in [1.807, 2.05) is 24.3 Å². The second-order valence-corrected chi connectivity index (χ2v) is 7.13. The maximum atomic E-state index is 12.7. The van der Waals surface area contributed by atoms with Crippen molar-refractivity contribution in [1.82, 2.24) is 4.90 Å². The molecule has 0 bridgehead atoms. The summed E-state index contributed by atoms with van der Waals surface area (Å²) in [6, 6.07) is 10.9. The van der Waals surface area contributed by atoms with E-state index in [1.54, 1.807) is 7.05 Å². The summed E-state index contributed by atoms with van der Waals surface area (Å²) in [6.07, 6.45) is 3.64. The van der Waals surface area contributed by atoms with Gasteiger partial charge in [0.2, 0.25) is 0 Å². The maximum absolute atomic E-state index is 12.7. The van der Waals surface area contributed by atoms with Gasteiger partial charge in [0.15, 0.2) is 0 Å². The molecule has 0 N–H and O–H groups in total. The van der Waals surface area contributed by atoms with E-state index in [1.165, 1.54) is 24.2 Å². The van der Waals surface area contributed by atoms with Gasteiger partial charge in [-0.15, -0.1) is 0 Å². The third-order valence-electron chi connectivity index (χ3n) is 5.00. The van der Waals surface area contributed by atoms with Gasteiger partial charge in [-0.2, -0.15) is 0 Å². The Labute approximate surface area is 167 Å². The molecule has 1 heterocycles. The molecule has 0 unspecified atom stereocenters. The van der Waals surface area contributed by atoms with E-state index in [0.717, 1.165) is 42.5 Å². The zero-order valence-corrected chi connectivity index (χ0v) is 16.1. The lowest BCUT2D eigenvalue weighted by Crippen LogP contribution is -2.29. The number of hydrogen-bond donors (Lipinski definition) is 0. The molecule has 152 valence electrons. The number of nitro benzene ring substituents is 2. The number of hydrogen-bond acceptors (Lipinski definition) is 6. The predicted octanol–water partition coefficient (Wildman–Crippen LogP) is 3.77.